The smallest absolute Gasteiger partial charge is 0.0443 e. The molecular weight excluding hydrogens is 645 g/mol. The van der Waals surface area contributed by atoms with E-state index in [1.54, 1.807) is 11.8 Å². The molecule has 6 heteroatoms. The molecule has 0 aliphatic carbocycles. The largest absolute Gasteiger partial charge is 0.277 e. The molecule has 0 rings (SSSR count). The first-order chi connectivity index (χ1) is 7.77. The van der Waals surface area contributed by atoms with Gasteiger partial charge in [-0.2, -0.15) is 27.7 Å². The Balaban J connectivity index is -0.0000000492. The average Bonchev–Trinajstić information content (AvgIpc) is 2.17. The van der Waals surface area contributed by atoms with Crippen molar-refractivity contribution in [3.63, 3.8) is 0 Å². The van der Waals surface area contributed by atoms with E-state index in [0.717, 1.165) is 0 Å². The molecule has 0 aliphatic rings. The van der Waals surface area contributed by atoms with E-state index in [4.69, 9.17) is 0 Å². The summed E-state index contributed by atoms with van der Waals surface area (Å²) in [5.41, 5.74) is 0. The Labute approximate surface area is 223 Å². The van der Waals surface area contributed by atoms with Crippen LogP contribution in [-0.4, -0.2) is 37.0 Å². The molecule has 0 aromatic heterocycles. The van der Waals surface area contributed by atoms with Gasteiger partial charge in [-0.05, 0) is 26.2 Å². The Morgan fingerprint density at radius 1 is 0.545 bits per heavy atom. The molecule has 2 radical (unpaired) electrons. The predicted octanol–water partition coefficient (Wildman–Crippen LogP) is 5.70. The molecule has 0 saturated heterocycles. The molecule has 0 atom stereocenters. The average molecular weight is 683 g/mol. The molecular formula is C16H38P2Pd2Y2. The van der Waals surface area contributed by atoms with Crippen LogP contribution in [0.15, 0.2) is 0 Å². The Morgan fingerprint density at radius 3 is 0.682 bits per heavy atom. The molecule has 0 amide bonds. The van der Waals surface area contributed by atoms with Gasteiger partial charge in [0, 0.05) is 133 Å². The van der Waals surface area contributed by atoms with E-state index >= 15 is 0 Å². The Kier molecular flexibility index (Phi) is 34.9. The number of rotatable bonds is 4. The number of hydrogen-bond donors (Lipinski definition) is 0. The summed E-state index contributed by atoms with van der Waals surface area (Å²) in [7, 11) is -0.295. The van der Waals surface area contributed by atoms with Crippen molar-refractivity contribution in [3.8, 4) is 0 Å². The van der Waals surface area contributed by atoms with Gasteiger partial charge in [0.2, 0.25) is 0 Å². The Morgan fingerprint density at radius 2 is 0.682 bits per heavy atom. The summed E-state index contributed by atoms with van der Waals surface area (Å²) in [6.45, 7) is 27.8. The maximum Gasteiger partial charge on any atom is 0.0443 e. The molecule has 0 heterocycles. The minimum absolute atomic E-state index is 0. The van der Waals surface area contributed by atoms with Gasteiger partial charge in [0.1, 0.15) is 0 Å². The Hall–Kier alpha value is 4.39. The monoisotopic (exact) mass is 682 g/mol. The van der Waals surface area contributed by atoms with Crippen molar-refractivity contribution < 1.29 is 106 Å². The maximum absolute atomic E-state index is 2.37. The van der Waals surface area contributed by atoms with Crippen LogP contribution in [0.5, 0.6) is 0 Å². The summed E-state index contributed by atoms with van der Waals surface area (Å²) in [4.78, 5) is 0. The third-order valence-corrected chi connectivity index (χ3v) is 11.0. The van der Waals surface area contributed by atoms with Crippen LogP contribution in [-0.2, 0) is 106 Å². The van der Waals surface area contributed by atoms with Gasteiger partial charge in [0.05, 0.1) is 0 Å². The molecule has 0 aromatic rings. The molecule has 0 nitrogen and oxygen atoms in total. The third kappa shape index (κ3) is 16.6. The van der Waals surface area contributed by atoms with Crippen molar-refractivity contribution in [1.82, 2.24) is 0 Å². The minimum atomic E-state index is -0.147. The minimum Gasteiger partial charge on any atom is -0.277 e. The van der Waals surface area contributed by atoms with Crippen LogP contribution in [0.3, 0.4) is 0 Å². The zero-order valence-electron chi connectivity index (χ0n) is 16.8. The molecule has 0 bridgehead atoms. The van der Waals surface area contributed by atoms with Gasteiger partial charge in [-0.1, -0.05) is 27.7 Å². The van der Waals surface area contributed by atoms with Crippen molar-refractivity contribution in [2.75, 3.05) is 26.7 Å². The fourth-order valence-electron chi connectivity index (χ4n) is 1.00. The van der Waals surface area contributed by atoms with Crippen LogP contribution < -0.4 is 0 Å². The van der Waals surface area contributed by atoms with Crippen molar-refractivity contribution in [2.24, 2.45) is 0 Å². The zero-order valence-corrected chi connectivity index (χ0v) is 27.6. The summed E-state index contributed by atoms with van der Waals surface area (Å²) in [6, 6.07) is 0. The molecule has 0 N–H and O–H groups in total. The summed E-state index contributed by atoms with van der Waals surface area (Å²) < 4.78 is 0. The topological polar surface area (TPSA) is 0 Å². The SMILES string of the molecule is C[C-](C)C(C)(C)[PH+](C)C.C[C-](C)C(C)(C)[PH+](C)C.[Pd].[Pd].[Y].[Y]. The van der Waals surface area contributed by atoms with Gasteiger partial charge in [-0.25, -0.2) is 0 Å². The van der Waals surface area contributed by atoms with Gasteiger partial charge >= 0.3 is 0 Å². The van der Waals surface area contributed by atoms with Crippen LogP contribution >= 0.6 is 15.8 Å². The molecule has 0 aromatic carbocycles. The summed E-state index contributed by atoms with van der Waals surface area (Å²) in [5, 5.41) is 1.04. The van der Waals surface area contributed by atoms with E-state index in [2.05, 4.69) is 82.0 Å². The van der Waals surface area contributed by atoms with E-state index < -0.39 is 0 Å². The molecule has 0 fully saturated rings. The van der Waals surface area contributed by atoms with Crippen molar-refractivity contribution in [3.05, 3.63) is 11.8 Å². The van der Waals surface area contributed by atoms with Gasteiger partial charge in [0.15, 0.2) is 0 Å². The van der Waals surface area contributed by atoms with E-state index in [0.29, 0.717) is 10.3 Å². The van der Waals surface area contributed by atoms with Gasteiger partial charge in [0.25, 0.3) is 0 Å². The molecule has 0 aliphatic heterocycles. The molecule has 138 valence electrons. The van der Waals surface area contributed by atoms with Crippen LogP contribution in [0.4, 0.5) is 0 Å². The number of hydrogen-bond acceptors (Lipinski definition) is 0. The third-order valence-electron chi connectivity index (χ3n) is 5.00. The zero-order chi connectivity index (χ0) is 15.3. The second-order valence-corrected chi connectivity index (χ2v) is 13.8. The van der Waals surface area contributed by atoms with Gasteiger partial charge < -0.3 is 0 Å². The van der Waals surface area contributed by atoms with Crippen LogP contribution in [0.25, 0.3) is 0 Å². The first-order valence-corrected chi connectivity index (χ1v) is 12.0. The quantitative estimate of drug-likeness (QED) is 0.203. The normalized spacial score (nSPS) is 10.9. The standard InChI is InChI=1S/2C8H18P.2Pd.2Y/c2*1-7(2)8(3,4)9(5)6;;;;/h2*1-6H3;;;;/q2*-1;;;;/p+2. The molecule has 0 saturated carbocycles. The summed E-state index contributed by atoms with van der Waals surface area (Å²) in [5.74, 6) is 3.14. The van der Waals surface area contributed by atoms with E-state index in [1.807, 2.05) is 0 Å². The second kappa shape index (κ2) is 18.7. The van der Waals surface area contributed by atoms with Gasteiger partial charge in [-0.15, -0.1) is 0 Å². The first kappa shape index (κ1) is 40.9. The van der Waals surface area contributed by atoms with Gasteiger partial charge in [-0.3, -0.25) is 11.8 Å². The fraction of sp³-hybridized carbons (Fsp3) is 0.875. The summed E-state index contributed by atoms with van der Waals surface area (Å²) in [6.07, 6.45) is 0. The van der Waals surface area contributed by atoms with Crippen molar-refractivity contribution >= 4 is 15.8 Å². The van der Waals surface area contributed by atoms with Crippen LogP contribution in [0, 0.1) is 11.8 Å². The van der Waals surface area contributed by atoms with Crippen molar-refractivity contribution in [1.29, 1.82) is 0 Å². The van der Waals surface area contributed by atoms with E-state index in [1.165, 1.54) is 0 Å². The first-order valence-electron chi connectivity index (χ1n) is 7.00. The predicted molar refractivity (Wildman–Crippen MR) is 97.7 cm³/mol. The summed E-state index contributed by atoms with van der Waals surface area (Å²) >= 11 is 0. The van der Waals surface area contributed by atoms with Crippen molar-refractivity contribution in [2.45, 2.75) is 65.7 Å². The maximum atomic E-state index is 2.37. The van der Waals surface area contributed by atoms with E-state index in [-0.39, 0.29) is 122 Å². The van der Waals surface area contributed by atoms with Crippen LogP contribution in [0.2, 0.25) is 0 Å². The second-order valence-electron chi connectivity index (χ2n) is 7.25. The molecule has 22 heavy (non-hydrogen) atoms. The molecule has 0 unspecified atom stereocenters. The molecule has 0 spiro atoms. The Bertz CT molecular complexity index is 188. The fourth-order valence-corrected chi connectivity index (χ4v) is 3.00. The van der Waals surface area contributed by atoms with E-state index in [9.17, 15) is 0 Å². The van der Waals surface area contributed by atoms with Crippen LogP contribution in [0.1, 0.15) is 55.4 Å².